The molecule has 0 spiro atoms. The lowest BCUT2D eigenvalue weighted by molar-refractivity contribution is -0.385. The summed E-state index contributed by atoms with van der Waals surface area (Å²) in [5.41, 5.74) is 2.85. The average molecular weight is 421 g/mol. The topological polar surface area (TPSA) is 107 Å². The Morgan fingerprint density at radius 3 is 2.65 bits per heavy atom. The highest BCUT2D eigenvalue weighted by molar-refractivity contribution is 5.89. The van der Waals surface area contributed by atoms with Gasteiger partial charge < -0.3 is 14.0 Å². The molecule has 1 atom stereocenters. The van der Waals surface area contributed by atoms with Gasteiger partial charge in [-0.1, -0.05) is 30.3 Å². The van der Waals surface area contributed by atoms with E-state index in [9.17, 15) is 20.2 Å². The SMILES string of the molecule is CCOC(=O)C(C#N)Cc1c([N+](=O)[O-])ccc2c1cc(C)n2COCc1ccccc1. The quantitative estimate of drug-likeness (QED) is 0.290. The van der Waals surface area contributed by atoms with Crippen LogP contribution in [0.15, 0.2) is 48.5 Å². The third-order valence-electron chi connectivity index (χ3n) is 5.04. The summed E-state index contributed by atoms with van der Waals surface area (Å²) in [4.78, 5) is 23.2. The molecule has 0 aliphatic carbocycles. The maximum atomic E-state index is 12.1. The molecule has 0 bridgehead atoms. The van der Waals surface area contributed by atoms with E-state index in [2.05, 4.69) is 0 Å². The van der Waals surface area contributed by atoms with Gasteiger partial charge in [0, 0.05) is 29.1 Å². The molecule has 160 valence electrons. The first-order chi connectivity index (χ1) is 15.0. The summed E-state index contributed by atoms with van der Waals surface area (Å²) < 4.78 is 12.7. The Kier molecular flexibility index (Phi) is 7.00. The van der Waals surface area contributed by atoms with E-state index < -0.39 is 16.8 Å². The average Bonchev–Trinajstić information content (AvgIpc) is 3.08. The normalized spacial score (nSPS) is 11.8. The second-order valence-electron chi connectivity index (χ2n) is 7.07. The van der Waals surface area contributed by atoms with Gasteiger partial charge in [-0.3, -0.25) is 14.9 Å². The Hall–Kier alpha value is -3.70. The van der Waals surface area contributed by atoms with Crippen LogP contribution < -0.4 is 0 Å². The number of carbonyl (C=O) groups excluding carboxylic acids is 1. The highest BCUT2D eigenvalue weighted by Crippen LogP contribution is 2.32. The number of fused-ring (bicyclic) bond motifs is 1. The minimum atomic E-state index is -1.12. The molecule has 0 radical (unpaired) electrons. The van der Waals surface area contributed by atoms with E-state index in [4.69, 9.17) is 9.47 Å². The lowest BCUT2D eigenvalue weighted by Crippen LogP contribution is -2.19. The number of rotatable bonds is 9. The maximum Gasteiger partial charge on any atom is 0.323 e. The van der Waals surface area contributed by atoms with E-state index in [0.29, 0.717) is 17.6 Å². The van der Waals surface area contributed by atoms with Crippen LogP contribution in [0.1, 0.15) is 23.7 Å². The van der Waals surface area contributed by atoms with E-state index in [1.165, 1.54) is 6.07 Å². The van der Waals surface area contributed by atoms with Crippen molar-refractivity contribution < 1.29 is 19.2 Å². The van der Waals surface area contributed by atoms with Crippen molar-refractivity contribution in [1.29, 1.82) is 5.26 Å². The largest absolute Gasteiger partial charge is 0.465 e. The van der Waals surface area contributed by atoms with Gasteiger partial charge in [0.2, 0.25) is 0 Å². The van der Waals surface area contributed by atoms with Crippen molar-refractivity contribution in [3.63, 3.8) is 0 Å². The molecule has 1 aromatic heterocycles. The zero-order chi connectivity index (χ0) is 22.4. The zero-order valence-electron chi connectivity index (χ0n) is 17.4. The van der Waals surface area contributed by atoms with Gasteiger partial charge in [-0.2, -0.15) is 5.26 Å². The summed E-state index contributed by atoms with van der Waals surface area (Å²) in [6, 6.07) is 16.6. The second kappa shape index (κ2) is 9.87. The first kappa shape index (κ1) is 22.0. The maximum absolute atomic E-state index is 12.1. The van der Waals surface area contributed by atoms with Crippen molar-refractivity contribution in [3.05, 3.63) is 75.5 Å². The molecule has 8 nitrogen and oxygen atoms in total. The molecule has 3 rings (SSSR count). The summed E-state index contributed by atoms with van der Waals surface area (Å²) in [6.45, 7) is 4.36. The summed E-state index contributed by atoms with van der Waals surface area (Å²) in [5.74, 6) is -1.80. The van der Waals surface area contributed by atoms with Crippen molar-refractivity contribution >= 4 is 22.6 Å². The van der Waals surface area contributed by atoms with Gasteiger partial charge in [0.25, 0.3) is 5.69 Å². The van der Waals surface area contributed by atoms with Crippen LogP contribution in [0, 0.1) is 34.3 Å². The minimum absolute atomic E-state index is 0.0999. The predicted molar refractivity (Wildman–Crippen MR) is 114 cm³/mol. The summed E-state index contributed by atoms with van der Waals surface area (Å²) >= 11 is 0. The summed E-state index contributed by atoms with van der Waals surface area (Å²) in [6.07, 6.45) is -0.0999. The number of nitrogens with zero attached hydrogens (tertiary/aromatic N) is 3. The highest BCUT2D eigenvalue weighted by Gasteiger charge is 2.27. The van der Waals surface area contributed by atoms with Crippen LogP contribution in [0.4, 0.5) is 5.69 Å². The first-order valence-corrected chi connectivity index (χ1v) is 9.90. The van der Waals surface area contributed by atoms with Crippen LogP contribution in [-0.2, 0) is 34.0 Å². The van der Waals surface area contributed by atoms with Gasteiger partial charge in [-0.05, 0) is 31.5 Å². The fraction of sp³-hybridized carbons (Fsp3) is 0.304. The molecule has 0 aliphatic rings. The third-order valence-corrected chi connectivity index (χ3v) is 5.04. The van der Waals surface area contributed by atoms with E-state index in [-0.39, 0.29) is 25.4 Å². The molecule has 3 aromatic rings. The number of nitro groups is 1. The molecule has 0 amide bonds. The van der Waals surface area contributed by atoms with Gasteiger partial charge in [0.1, 0.15) is 12.6 Å². The minimum Gasteiger partial charge on any atom is -0.465 e. The summed E-state index contributed by atoms with van der Waals surface area (Å²) in [7, 11) is 0. The number of esters is 1. The Bertz CT molecular complexity index is 1130. The molecule has 31 heavy (non-hydrogen) atoms. The number of aromatic nitrogens is 1. The second-order valence-corrected chi connectivity index (χ2v) is 7.07. The molecular weight excluding hydrogens is 398 g/mol. The lowest BCUT2D eigenvalue weighted by Gasteiger charge is -2.12. The number of nitro benzene ring substituents is 1. The molecular formula is C23H23N3O5. The third kappa shape index (κ3) is 4.90. The number of nitriles is 1. The molecule has 0 aliphatic heterocycles. The molecule has 0 saturated carbocycles. The summed E-state index contributed by atoms with van der Waals surface area (Å²) in [5, 5.41) is 21.7. The van der Waals surface area contributed by atoms with Crippen molar-refractivity contribution in [2.45, 2.75) is 33.6 Å². The standard InChI is InChI=1S/C23H23N3O5/c1-3-31-23(27)18(13-24)12-20-19-11-16(2)25(21(19)9-10-22(20)26(28)29)15-30-14-17-7-5-4-6-8-17/h4-11,18H,3,12,14-15H2,1-2H3. The van der Waals surface area contributed by atoms with Crippen LogP contribution in [0.3, 0.4) is 0 Å². The van der Waals surface area contributed by atoms with E-state index in [1.807, 2.05) is 54.0 Å². The molecule has 1 unspecified atom stereocenters. The fourth-order valence-corrected chi connectivity index (χ4v) is 3.53. The zero-order valence-corrected chi connectivity index (χ0v) is 17.4. The molecule has 0 fully saturated rings. The van der Waals surface area contributed by atoms with Crippen LogP contribution >= 0.6 is 0 Å². The number of ether oxygens (including phenoxy) is 2. The predicted octanol–water partition coefficient (Wildman–Crippen LogP) is 4.28. The Labute approximate surface area is 179 Å². The van der Waals surface area contributed by atoms with Crippen molar-refractivity contribution in [2.24, 2.45) is 5.92 Å². The molecule has 0 N–H and O–H groups in total. The number of aryl methyl sites for hydroxylation is 1. The highest BCUT2D eigenvalue weighted by atomic mass is 16.6. The van der Waals surface area contributed by atoms with Crippen molar-refractivity contribution in [1.82, 2.24) is 4.57 Å². The molecule has 1 heterocycles. The lowest BCUT2D eigenvalue weighted by atomic mass is 9.96. The van der Waals surface area contributed by atoms with Gasteiger partial charge in [-0.15, -0.1) is 0 Å². The van der Waals surface area contributed by atoms with Crippen LogP contribution in [0.2, 0.25) is 0 Å². The molecule has 2 aromatic carbocycles. The Morgan fingerprint density at radius 2 is 2.00 bits per heavy atom. The van der Waals surface area contributed by atoms with E-state index in [1.54, 1.807) is 13.0 Å². The first-order valence-electron chi connectivity index (χ1n) is 9.90. The monoisotopic (exact) mass is 421 g/mol. The smallest absolute Gasteiger partial charge is 0.323 e. The van der Waals surface area contributed by atoms with Crippen molar-refractivity contribution in [2.75, 3.05) is 6.61 Å². The Morgan fingerprint density at radius 1 is 1.26 bits per heavy atom. The number of hydrogen-bond acceptors (Lipinski definition) is 6. The van der Waals surface area contributed by atoms with Gasteiger partial charge in [0.05, 0.1) is 29.7 Å². The van der Waals surface area contributed by atoms with Gasteiger partial charge >= 0.3 is 5.97 Å². The number of carbonyl (C=O) groups is 1. The van der Waals surface area contributed by atoms with Crippen LogP contribution in [0.5, 0.6) is 0 Å². The van der Waals surface area contributed by atoms with Gasteiger partial charge in [0.15, 0.2) is 0 Å². The van der Waals surface area contributed by atoms with Crippen molar-refractivity contribution in [3.8, 4) is 6.07 Å². The van der Waals surface area contributed by atoms with E-state index >= 15 is 0 Å². The molecule has 8 heteroatoms. The Balaban J connectivity index is 1.94. The molecule has 0 saturated heterocycles. The number of hydrogen-bond donors (Lipinski definition) is 0. The fourth-order valence-electron chi connectivity index (χ4n) is 3.53. The van der Waals surface area contributed by atoms with Crippen LogP contribution in [0.25, 0.3) is 10.9 Å². The van der Waals surface area contributed by atoms with E-state index in [0.717, 1.165) is 16.8 Å². The van der Waals surface area contributed by atoms with Crippen LogP contribution in [-0.4, -0.2) is 22.1 Å². The van der Waals surface area contributed by atoms with Gasteiger partial charge in [-0.25, -0.2) is 0 Å². The number of benzene rings is 2.